The monoisotopic (exact) mass is 339 g/mol. The number of allylic oxidation sites excluding steroid dienone is 8. The van der Waals surface area contributed by atoms with Crippen molar-refractivity contribution in [2.45, 2.75) is 12.8 Å². The zero-order chi connectivity index (χ0) is 17.3. The van der Waals surface area contributed by atoms with Crippen LogP contribution in [0.25, 0.3) is 22.8 Å². The molecule has 2 aliphatic carbocycles. The van der Waals surface area contributed by atoms with Crippen molar-refractivity contribution in [2.75, 3.05) is 0 Å². The minimum Gasteiger partial charge on any atom is -0.222 e. The predicted octanol–water partition coefficient (Wildman–Crippen LogP) is 4.14. The van der Waals surface area contributed by atoms with Crippen molar-refractivity contribution >= 4 is 11.1 Å². The summed E-state index contributed by atoms with van der Waals surface area (Å²) >= 11 is 0. The molecule has 0 unspecified atom stereocenters. The van der Waals surface area contributed by atoms with E-state index >= 15 is 0 Å². The van der Waals surface area contributed by atoms with Gasteiger partial charge in [0.25, 0.3) is 0 Å². The van der Waals surface area contributed by atoms with Crippen LogP contribution in [-0.2, 0) is 0 Å². The Morgan fingerprint density at radius 2 is 1.23 bits per heavy atom. The zero-order valence-corrected chi connectivity index (χ0v) is 14.2. The van der Waals surface area contributed by atoms with Crippen LogP contribution in [-0.4, -0.2) is 24.5 Å². The highest BCUT2D eigenvalue weighted by atomic mass is 15.3. The minimum absolute atomic E-state index is 0.777. The molecule has 0 atom stereocenters. The maximum atomic E-state index is 4.72. The van der Waals surface area contributed by atoms with Gasteiger partial charge in [-0.1, -0.05) is 42.5 Å². The summed E-state index contributed by atoms with van der Waals surface area (Å²) in [6, 6.07) is 9.94. The summed E-state index contributed by atoms with van der Waals surface area (Å²) in [5, 5.41) is 9.33. The van der Waals surface area contributed by atoms with Gasteiger partial charge in [0.1, 0.15) is 0 Å². The highest BCUT2D eigenvalue weighted by Crippen LogP contribution is 2.23. The van der Waals surface area contributed by atoms with E-state index in [0.29, 0.717) is 0 Å². The molecule has 5 rings (SSSR count). The topological polar surface area (TPSA) is 48.5 Å². The van der Waals surface area contributed by atoms with Gasteiger partial charge in [-0.2, -0.15) is 10.2 Å². The molecule has 0 aliphatic heterocycles. The summed E-state index contributed by atoms with van der Waals surface area (Å²) in [4.78, 5) is 4.72. The lowest BCUT2D eigenvalue weighted by molar-refractivity contribution is 0.798. The summed E-state index contributed by atoms with van der Waals surface area (Å²) in [5.41, 5.74) is 4.44. The van der Waals surface area contributed by atoms with Crippen LogP contribution in [0.5, 0.6) is 0 Å². The van der Waals surface area contributed by atoms with Gasteiger partial charge in [0.2, 0.25) is 0 Å². The number of aromatic nitrogens is 5. The maximum absolute atomic E-state index is 4.72. The van der Waals surface area contributed by atoms with Gasteiger partial charge in [0, 0.05) is 12.4 Å². The second-order valence-corrected chi connectivity index (χ2v) is 6.29. The zero-order valence-electron chi connectivity index (χ0n) is 14.2. The lowest BCUT2D eigenvalue weighted by atomic mass is 10.2. The molecule has 5 nitrogen and oxygen atoms in total. The van der Waals surface area contributed by atoms with Crippen molar-refractivity contribution in [1.29, 1.82) is 0 Å². The molecule has 0 saturated carbocycles. The molecule has 3 aromatic rings. The van der Waals surface area contributed by atoms with Crippen LogP contribution in [0.3, 0.4) is 0 Å². The lowest BCUT2D eigenvalue weighted by Gasteiger charge is -2.05. The summed E-state index contributed by atoms with van der Waals surface area (Å²) in [5.74, 6) is 1.55. The molecule has 0 N–H and O–H groups in total. The lowest BCUT2D eigenvalue weighted by Crippen LogP contribution is -2.04. The van der Waals surface area contributed by atoms with Crippen molar-refractivity contribution in [3.8, 4) is 11.6 Å². The molecule has 5 heteroatoms. The number of rotatable bonds is 4. The molecule has 126 valence electrons. The first-order chi connectivity index (χ1) is 12.9. The first-order valence-corrected chi connectivity index (χ1v) is 8.68. The largest absolute Gasteiger partial charge is 0.222 e. The number of pyridine rings is 1. The van der Waals surface area contributed by atoms with E-state index in [4.69, 9.17) is 4.98 Å². The molecule has 3 heterocycles. The molecule has 26 heavy (non-hydrogen) atoms. The van der Waals surface area contributed by atoms with Gasteiger partial charge in [-0.25, -0.2) is 14.3 Å². The van der Waals surface area contributed by atoms with Crippen LogP contribution in [0.2, 0.25) is 0 Å². The summed E-state index contributed by atoms with van der Waals surface area (Å²) in [6.07, 6.45) is 18.4. The minimum atomic E-state index is 0.777. The molecule has 2 aliphatic rings. The molecule has 0 aromatic carbocycles. The van der Waals surface area contributed by atoms with Crippen molar-refractivity contribution < 1.29 is 0 Å². The molecule has 0 fully saturated rings. The maximum Gasteiger partial charge on any atom is 0.155 e. The number of hydrogen-bond donors (Lipinski definition) is 0. The van der Waals surface area contributed by atoms with E-state index in [2.05, 4.69) is 46.7 Å². The fourth-order valence-corrected chi connectivity index (χ4v) is 3.19. The van der Waals surface area contributed by atoms with E-state index in [-0.39, 0.29) is 0 Å². The van der Waals surface area contributed by atoms with Gasteiger partial charge in [-0.05, 0) is 48.3 Å². The molecule has 0 spiro atoms. The van der Waals surface area contributed by atoms with Crippen LogP contribution in [0.15, 0.2) is 79.2 Å². The van der Waals surface area contributed by atoms with Crippen LogP contribution in [0, 0.1) is 0 Å². The summed E-state index contributed by atoms with van der Waals surface area (Å²) < 4.78 is 3.62. The molecule has 0 radical (unpaired) electrons. The Bertz CT molecular complexity index is 1010. The summed E-state index contributed by atoms with van der Waals surface area (Å²) in [7, 11) is 0. The molecule has 3 aromatic heterocycles. The third-order valence-corrected chi connectivity index (χ3v) is 4.57. The van der Waals surface area contributed by atoms with E-state index in [0.717, 1.165) is 35.9 Å². The Balaban J connectivity index is 1.44. The van der Waals surface area contributed by atoms with Crippen LogP contribution >= 0.6 is 0 Å². The third kappa shape index (κ3) is 2.63. The Labute approximate surface area is 151 Å². The van der Waals surface area contributed by atoms with E-state index < -0.39 is 0 Å². The fraction of sp³-hybridized carbons (Fsp3) is 0.0952. The van der Waals surface area contributed by atoms with E-state index in [1.54, 1.807) is 0 Å². The summed E-state index contributed by atoms with van der Waals surface area (Å²) in [6.45, 7) is 0. The molecule has 0 saturated heterocycles. The fourth-order valence-electron chi connectivity index (χ4n) is 3.19. The normalized spacial score (nSPS) is 15.5. The molecular weight excluding hydrogens is 322 g/mol. The molecular formula is C21H17N5. The Kier molecular flexibility index (Phi) is 3.49. The van der Waals surface area contributed by atoms with E-state index in [9.17, 15) is 0 Å². The van der Waals surface area contributed by atoms with Crippen LogP contribution < -0.4 is 0 Å². The van der Waals surface area contributed by atoms with Crippen molar-refractivity contribution in [2.24, 2.45) is 0 Å². The number of nitrogens with zero attached hydrogens (tertiary/aromatic N) is 5. The second kappa shape index (κ2) is 6.11. The Morgan fingerprint density at radius 3 is 1.69 bits per heavy atom. The first-order valence-electron chi connectivity index (χ1n) is 8.68. The van der Waals surface area contributed by atoms with Gasteiger partial charge in [0.15, 0.2) is 11.6 Å². The Morgan fingerprint density at radius 1 is 0.692 bits per heavy atom. The second-order valence-electron chi connectivity index (χ2n) is 6.29. The van der Waals surface area contributed by atoms with Crippen molar-refractivity contribution in [3.63, 3.8) is 0 Å². The van der Waals surface area contributed by atoms with Crippen molar-refractivity contribution in [3.05, 3.63) is 90.6 Å². The van der Waals surface area contributed by atoms with Gasteiger partial charge in [-0.15, -0.1) is 0 Å². The van der Waals surface area contributed by atoms with E-state index in [1.807, 2.05) is 52.1 Å². The van der Waals surface area contributed by atoms with E-state index in [1.165, 1.54) is 11.1 Å². The highest BCUT2D eigenvalue weighted by Gasteiger charge is 2.11. The van der Waals surface area contributed by atoms with Gasteiger partial charge < -0.3 is 0 Å². The smallest absolute Gasteiger partial charge is 0.155 e. The first kappa shape index (κ1) is 14.8. The van der Waals surface area contributed by atoms with Gasteiger partial charge in [0.05, 0.1) is 11.4 Å². The van der Waals surface area contributed by atoms with Crippen molar-refractivity contribution in [1.82, 2.24) is 24.5 Å². The predicted molar refractivity (Wildman–Crippen MR) is 102 cm³/mol. The van der Waals surface area contributed by atoms with Crippen LogP contribution in [0.1, 0.15) is 24.2 Å². The quantitative estimate of drug-likeness (QED) is 0.718. The van der Waals surface area contributed by atoms with Gasteiger partial charge >= 0.3 is 0 Å². The van der Waals surface area contributed by atoms with Gasteiger partial charge in [-0.3, -0.25) is 0 Å². The standard InChI is InChI=1S/C21H17N5/c1-2-7-16(6-1)18-12-14-25(23-18)20-10-5-11-21(22-20)26-15-13-19(24-26)17-8-3-4-9-17/h1-6,8,10-15H,7,9H2. The Hall–Kier alpha value is -3.47. The third-order valence-electron chi connectivity index (χ3n) is 4.57. The highest BCUT2D eigenvalue weighted by molar-refractivity contribution is 5.69. The molecule has 0 bridgehead atoms. The van der Waals surface area contributed by atoms with Crippen LogP contribution in [0.4, 0.5) is 0 Å². The SMILES string of the molecule is C1=CCC(c2ccn(-c3cccc(-n4ccc(C5=CC=CC5)n4)n3)n2)=C1. The number of hydrogen-bond acceptors (Lipinski definition) is 3. The average Bonchev–Trinajstić information content (AvgIpc) is 3.49. The molecule has 0 amide bonds. The average molecular weight is 339 g/mol.